The molecule has 2 N–H and O–H groups in total. The van der Waals surface area contributed by atoms with Crippen LogP contribution in [0.4, 0.5) is 11.4 Å². The van der Waals surface area contributed by atoms with Gasteiger partial charge in [0, 0.05) is 30.4 Å². The Labute approximate surface area is 154 Å². The number of rotatable bonds is 6. The van der Waals surface area contributed by atoms with Gasteiger partial charge in [-0.25, -0.2) is 0 Å². The van der Waals surface area contributed by atoms with Crippen LogP contribution in [0.2, 0.25) is 10.2 Å². The minimum absolute atomic E-state index is 0.158. The number of benzene rings is 1. The first-order valence-corrected chi connectivity index (χ1v) is 8.45. The molecule has 0 unspecified atom stereocenters. The van der Waals surface area contributed by atoms with Crippen molar-refractivity contribution in [2.45, 2.75) is 25.4 Å². The van der Waals surface area contributed by atoms with Crippen LogP contribution in [0.15, 0.2) is 24.3 Å². The highest BCUT2D eigenvalue weighted by Gasteiger charge is 2.25. The average Bonchev–Trinajstić information content (AvgIpc) is 3.36. The largest absolute Gasteiger partial charge is 0.374 e. The van der Waals surface area contributed by atoms with Crippen molar-refractivity contribution in [1.29, 1.82) is 0 Å². The fourth-order valence-electron chi connectivity index (χ4n) is 2.41. The summed E-state index contributed by atoms with van der Waals surface area (Å²) in [4.78, 5) is 22.9. The van der Waals surface area contributed by atoms with E-state index in [1.165, 1.54) is 12.1 Å². The topological polar surface area (TPSA) is 89.2 Å². The van der Waals surface area contributed by atoms with Crippen molar-refractivity contribution < 1.29 is 9.72 Å². The Kier molecular flexibility index (Phi) is 4.87. The molecule has 0 bridgehead atoms. The van der Waals surface area contributed by atoms with E-state index in [9.17, 15) is 14.9 Å². The van der Waals surface area contributed by atoms with Gasteiger partial charge in [-0.15, -0.1) is 0 Å². The standard InChI is InChI=1S/C16H16Cl2N4O3/c1-21-11(7-12(17)15(21)18)8-19-13-5-2-9(6-14(13)22(24)25)16(23)20-10-3-4-10/h2,5-7,10,19H,3-4,8H2,1H3,(H,20,23). The van der Waals surface area contributed by atoms with Gasteiger partial charge in [0.1, 0.15) is 10.8 Å². The summed E-state index contributed by atoms with van der Waals surface area (Å²) in [6.45, 7) is 0.303. The number of hydrogen-bond acceptors (Lipinski definition) is 4. The molecule has 1 saturated carbocycles. The van der Waals surface area contributed by atoms with Gasteiger partial charge in [-0.05, 0) is 31.0 Å². The van der Waals surface area contributed by atoms with Gasteiger partial charge in [-0.1, -0.05) is 23.2 Å². The van der Waals surface area contributed by atoms with Crippen LogP contribution in [0.25, 0.3) is 0 Å². The molecule has 1 heterocycles. The molecule has 1 aliphatic rings. The van der Waals surface area contributed by atoms with Crippen molar-refractivity contribution in [3.8, 4) is 0 Å². The van der Waals surface area contributed by atoms with Gasteiger partial charge >= 0.3 is 0 Å². The molecule has 2 aromatic rings. The zero-order chi connectivity index (χ0) is 18.1. The molecule has 132 valence electrons. The van der Waals surface area contributed by atoms with Crippen molar-refractivity contribution in [3.63, 3.8) is 0 Å². The monoisotopic (exact) mass is 382 g/mol. The maximum Gasteiger partial charge on any atom is 0.293 e. The lowest BCUT2D eigenvalue weighted by Gasteiger charge is -2.10. The molecule has 0 atom stereocenters. The molecule has 1 amide bonds. The Morgan fingerprint density at radius 2 is 2.08 bits per heavy atom. The molecule has 0 saturated heterocycles. The summed E-state index contributed by atoms with van der Waals surface area (Å²) >= 11 is 12.0. The summed E-state index contributed by atoms with van der Waals surface area (Å²) < 4.78 is 1.69. The van der Waals surface area contributed by atoms with E-state index in [0.29, 0.717) is 22.4 Å². The first-order chi connectivity index (χ1) is 11.9. The van der Waals surface area contributed by atoms with Crippen molar-refractivity contribution >= 4 is 40.5 Å². The Bertz CT molecular complexity index is 846. The lowest BCUT2D eigenvalue weighted by molar-refractivity contribution is -0.384. The molecule has 3 rings (SSSR count). The second-order valence-corrected chi connectivity index (χ2v) is 6.69. The van der Waals surface area contributed by atoms with E-state index in [1.807, 2.05) is 0 Å². The van der Waals surface area contributed by atoms with E-state index in [0.717, 1.165) is 18.5 Å². The van der Waals surface area contributed by atoms with E-state index < -0.39 is 4.92 Å². The number of aromatic nitrogens is 1. The predicted octanol–water partition coefficient (Wildman–Crippen LogP) is 3.74. The van der Waals surface area contributed by atoms with Crippen LogP contribution in [-0.4, -0.2) is 21.4 Å². The molecular weight excluding hydrogens is 367 g/mol. The third-order valence-corrected chi connectivity index (χ3v) is 4.89. The number of hydrogen-bond donors (Lipinski definition) is 2. The van der Waals surface area contributed by atoms with Gasteiger partial charge in [0.2, 0.25) is 0 Å². The van der Waals surface area contributed by atoms with E-state index in [2.05, 4.69) is 10.6 Å². The number of amides is 1. The van der Waals surface area contributed by atoms with Crippen LogP contribution in [0, 0.1) is 10.1 Å². The van der Waals surface area contributed by atoms with Crippen LogP contribution >= 0.6 is 23.2 Å². The van der Waals surface area contributed by atoms with Gasteiger partial charge in [-0.2, -0.15) is 0 Å². The van der Waals surface area contributed by atoms with Crippen LogP contribution in [-0.2, 0) is 13.6 Å². The fraction of sp³-hybridized carbons (Fsp3) is 0.312. The molecule has 0 radical (unpaired) electrons. The zero-order valence-corrected chi connectivity index (χ0v) is 14.9. The van der Waals surface area contributed by atoms with Gasteiger partial charge in [0.25, 0.3) is 11.6 Å². The normalized spacial score (nSPS) is 13.6. The van der Waals surface area contributed by atoms with Crippen LogP contribution in [0.1, 0.15) is 28.9 Å². The minimum atomic E-state index is -0.513. The first-order valence-electron chi connectivity index (χ1n) is 7.69. The Balaban J connectivity index is 1.79. The van der Waals surface area contributed by atoms with Crippen LogP contribution in [0.3, 0.4) is 0 Å². The molecule has 1 aromatic heterocycles. The fourth-order valence-corrected chi connectivity index (χ4v) is 2.83. The molecule has 25 heavy (non-hydrogen) atoms. The molecule has 9 heteroatoms. The lowest BCUT2D eigenvalue weighted by atomic mass is 10.1. The van der Waals surface area contributed by atoms with Gasteiger partial charge in [0.05, 0.1) is 16.5 Å². The van der Waals surface area contributed by atoms with E-state index in [1.54, 1.807) is 23.7 Å². The van der Waals surface area contributed by atoms with Gasteiger partial charge < -0.3 is 15.2 Å². The molecule has 7 nitrogen and oxygen atoms in total. The van der Waals surface area contributed by atoms with Crippen molar-refractivity contribution in [2.24, 2.45) is 7.05 Å². The van der Waals surface area contributed by atoms with E-state index >= 15 is 0 Å². The third kappa shape index (κ3) is 3.88. The maximum atomic E-state index is 12.1. The van der Waals surface area contributed by atoms with Gasteiger partial charge in [-0.3, -0.25) is 14.9 Å². The smallest absolute Gasteiger partial charge is 0.293 e. The number of nitrogens with one attached hydrogen (secondary N) is 2. The van der Waals surface area contributed by atoms with Gasteiger partial charge in [0.15, 0.2) is 0 Å². The second-order valence-electron chi connectivity index (χ2n) is 5.92. The van der Waals surface area contributed by atoms with Crippen LogP contribution < -0.4 is 10.6 Å². The molecule has 1 aromatic carbocycles. The molecule has 1 fully saturated rings. The van der Waals surface area contributed by atoms with E-state index in [-0.39, 0.29) is 23.2 Å². The number of carbonyl (C=O) groups is 1. The number of nitro groups is 1. The van der Waals surface area contributed by atoms with Crippen molar-refractivity contribution in [2.75, 3.05) is 5.32 Å². The highest BCUT2D eigenvalue weighted by molar-refractivity contribution is 6.41. The third-order valence-electron chi connectivity index (χ3n) is 4.04. The highest BCUT2D eigenvalue weighted by Crippen LogP contribution is 2.29. The van der Waals surface area contributed by atoms with E-state index in [4.69, 9.17) is 23.2 Å². The summed E-state index contributed by atoms with van der Waals surface area (Å²) in [7, 11) is 1.75. The summed E-state index contributed by atoms with van der Waals surface area (Å²) in [5, 5.41) is 18.0. The maximum absolute atomic E-state index is 12.1. The summed E-state index contributed by atoms with van der Waals surface area (Å²) in [6.07, 6.45) is 1.91. The quantitative estimate of drug-likeness (QED) is 0.588. The average molecular weight is 383 g/mol. The minimum Gasteiger partial charge on any atom is -0.374 e. The number of carbonyl (C=O) groups excluding carboxylic acids is 1. The first kappa shape index (κ1) is 17.6. The zero-order valence-electron chi connectivity index (χ0n) is 13.4. The van der Waals surface area contributed by atoms with Crippen molar-refractivity contribution in [1.82, 2.24) is 9.88 Å². The van der Waals surface area contributed by atoms with Crippen molar-refractivity contribution in [3.05, 3.63) is 55.8 Å². The SMILES string of the molecule is Cn1c(CNc2ccc(C(=O)NC3CC3)cc2[N+](=O)[O-])cc(Cl)c1Cl. The Morgan fingerprint density at radius 3 is 2.64 bits per heavy atom. The molecular formula is C16H16Cl2N4O3. The molecule has 1 aliphatic carbocycles. The summed E-state index contributed by atoms with van der Waals surface area (Å²) in [5.74, 6) is -0.293. The lowest BCUT2D eigenvalue weighted by Crippen LogP contribution is -2.25. The number of anilines is 1. The summed E-state index contributed by atoms with van der Waals surface area (Å²) in [6, 6.07) is 6.27. The number of nitrogens with zero attached hydrogens (tertiary/aromatic N) is 2. The Morgan fingerprint density at radius 1 is 1.36 bits per heavy atom. The Hall–Kier alpha value is -2.25. The summed E-state index contributed by atoms with van der Waals surface area (Å²) in [5.41, 5.74) is 1.21. The predicted molar refractivity (Wildman–Crippen MR) is 96.3 cm³/mol. The highest BCUT2D eigenvalue weighted by atomic mass is 35.5. The van der Waals surface area contributed by atoms with Crippen LogP contribution in [0.5, 0.6) is 0 Å². The number of halogens is 2. The second kappa shape index (κ2) is 6.93. The molecule has 0 spiro atoms. The number of nitro benzene ring substituents is 1. The molecule has 0 aliphatic heterocycles.